The van der Waals surface area contributed by atoms with Gasteiger partial charge in [-0.15, -0.1) is 0 Å². The van der Waals surface area contributed by atoms with Crippen LogP contribution in [0.1, 0.15) is 54.4 Å². The van der Waals surface area contributed by atoms with E-state index in [0.29, 0.717) is 5.41 Å². The maximum absolute atomic E-state index is 2.44. The van der Waals surface area contributed by atoms with Crippen LogP contribution in [0.15, 0.2) is 0 Å². The Morgan fingerprint density at radius 2 is 1.69 bits per heavy atom. The van der Waals surface area contributed by atoms with E-state index in [2.05, 4.69) is 41.5 Å². The van der Waals surface area contributed by atoms with Crippen molar-refractivity contribution in [3.8, 4) is 0 Å². The average Bonchev–Trinajstić information content (AvgIpc) is 2.64. The van der Waals surface area contributed by atoms with Crippen molar-refractivity contribution in [1.82, 2.24) is 0 Å². The number of hydrogen-bond acceptors (Lipinski definition) is 0. The van der Waals surface area contributed by atoms with E-state index in [4.69, 9.17) is 0 Å². The van der Waals surface area contributed by atoms with Crippen LogP contribution in [0, 0.1) is 29.1 Å². The predicted molar refractivity (Wildman–Crippen MR) is 59.7 cm³/mol. The van der Waals surface area contributed by atoms with Gasteiger partial charge in [-0.05, 0) is 41.9 Å². The van der Waals surface area contributed by atoms with Gasteiger partial charge in [-0.3, -0.25) is 0 Å². The molecule has 78 valence electrons. The maximum atomic E-state index is 2.44. The molecule has 0 N–H and O–H groups in total. The summed E-state index contributed by atoms with van der Waals surface area (Å²) in [5.41, 5.74) is 0.492. The van der Waals surface area contributed by atoms with Crippen molar-refractivity contribution < 1.29 is 0 Å². The van der Waals surface area contributed by atoms with E-state index in [9.17, 15) is 0 Å². The van der Waals surface area contributed by atoms with Crippen LogP contribution in [0.5, 0.6) is 0 Å². The summed E-state index contributed by atoms with van der Waals surface area (Å²) in [5, 5.41) is 0. The van der Waals surface area contributed by atoms with Gasteiger partial charge in [0.15, 0.2) is 0 Å². The van der Waals surface area contributed by atoms with E-state index < -0.39 is 0 Å². The molecule has 0 aromatic carbocycles. The molecule has 0 aromatic rings. The fraction of sp³-hybridized carbons (Fsp3) is 1.00. The monoisotopic (exact) mass is 182 g/mol. The first-order valence-electron chi connectivity index (χ1n) is 5.82. The predicted octanol–water partition coefficient (Wildman–Crippen LogP) is 4.35. The average molecular weight is 182 g/mol. The van der Waals surface area contributed by atoms with Gasteiger partial charge in [-0.2, -0.15) is 0 Å². The van der Waals surface area contributed by atoms with Gasteiger partial charge < -0.3 is 0 Å². The van der Waals surface area contributed by atoms with Gasteiger partial charge in [0.05, 0.1) is 0 Å². The molecule has 13 heavy (non-hydrogen) atoms. The van der Waals surface area contributed by atoms with Crippen LogP contribution in [0.3, 0.4) is 0 Å². The van der Waals surface area contributed by atoms with E-state index in [-0.39, 0.29) is 0 Å². The molecule has 0 nitrogen and oxygen atoms in total. The van der Waals surface area contributed by atoms with Gasteiger partial charge in [-0.25, -0.2) is 0 Å². The van der Waals surface area contributed by atoms with Crippen molar-refractivity contribution in [3.63, 3.8) is 0 Å². The highest BCUT2D eigenvalue weighted by Crippen LogP contribution is 2.47. The maximum Gasteiger partial charge on any atom is -0.0357 e. The lowest BCUT2D eigenvalue weighted by Gasteiger charge is -2.29. The largest absolute Gasteiger partial charge is 0.0622 e. The molecule has 1 aliphatic rings. The van der Waals surface area contributed by atoms with Crippen molar-refractivity contribution in [3.05, 3.63) is 0 Å². The Balaban J connectivity index is 2.32. The van der Waals surface area contributed by atoms with Crippen LogP contribution in [0.2, 0.25) is 0 Å². The molecular formula is C13H26. The second-order valence-electron chi connectivity index (χ2n) is 6.36. The van der Waals surface area contributed by atoms with E-state index >= 15 is 0 Å². The van der Waals surface area contributed by atoms with Crippen LogP contribution < -0.4 is 0 Å². The summed E-state index contributed by atoms with van der Waals surface area (Å²) in [5.74, 6) is 3.87. The van der Waals surface area contributed by atoms with Crippen molar-refractivity contribution >= 4 is 0 Å². The Hall–Kier alpha value is 0. The highest BCUT2D eigenvalue weighted by Gasteiger charge is 2.38. The van der Waals surface area contributed by atoms with Gasteiger partial charge in [0, 0.05) is 0 Å². The Bertz CT molecular complexity index is 163. The van der Waals surface area contributed by atoms with Gasteiger partial charge in [0.2, 0.25) is 0 Å². The van der Waals surface area contributed by atoms with Crippen molar-refractivity contribution in [2.75, 3.05) is 0 Å². The lowest BCUT2D eigenvalue weighted by molar-refractivity contribution is 0.208. The third-order valence-corrected chi connectivity index (χ3v) is 4.11. The summed E-state index contributed by atoms with van der Waals surface area (Å²) in [6, 6.07) is 0. The molecule has 0 aromatic heterocycles. The van der Waals surface area contributed by atoms with E-state index in [1.54, 1.807) is 0 Å². The summed E-state index contributed by atoms with van der Waals surface area (Å²) in [4.78, 5) is 0. The minimum absolute atomic E-state index is 0.492. The quantitative estimate of drug-likeness (QED) is 0.608. The molecule has 0 heteroatoms. The van der Waals surface area contributed by atoms with Crippen molar-refractivity contribution in [2.24, 2.45) is 29.1 Å². The summed E-state index contributed by atoms with van der Waals surface area (Å²) >= 11 is 0. The zero-order valence-electron chi connectivity index (χ0n) is 10.2. The summed E-state index contributed by atoms with van der Waals surface area (Å²) in [6.07, 6.45) is 2.90. The molecule has 1 rings (SSSR count). The fourth-order valence-corrected chi connectivity index (χ4v) is 2.23. The first kappa shape index (κ1) is 11.1. The Morgan fingerprint density at radius 3 is 2.00 bits per heavy atom. The molecule has 0 aliphatic heterocycles. The zero-order chi connectivity index (χ0) is 10.2. The molecule has 0 amide bonds. The summed E-state index contributed by atoms with van der Waals surface area (Å²) in [6.45, 7) is 14.3. The first-order chi connectivity index (χ1) is 5.82. The summed E-state index contributed by atoms with van der Waals surface area (Å²) in [7, 11) is 0. The molecule has 1 saturated carbocycles. The van der Waals surface area contributed by atoms with Gasteiger partial charge >= 0.3 is 0 Å². The SMILES string of the molecule is CC1CC1C(C)CC(C)C(C)(C)C. The topological polar surface area (TPSA) is 0 Å². The number of rotatable bonds is 3. The van der Waals surface area contributed by atoms with Gasteiger partial charge in [0.1, 0.15) is 0 Å². The second-order valence-corrected chi connectivity index (χ2v) is 6.36. The molecule has 4 unspecified atom stereocenters. The molecule has 4 atom stereocenters. The van der Waals surface area contributed by atoms with E-state index in [1.807, 2.05) is 0 Å². The van der Waals surface area contributed by atoms with Crippen LogP contribution >= 0.6 is 0 Å². The van der Waals surface area contributed by atoms with Gasteiger partial charge in [0.25, 0.3) is 0 Å². The summed E-state index contributed by atoms with van der Waals surface area (Å²) < 4.78 is 0. The molecule has 0 saturated heterocycles. The lowest BCUT2D eigenvalue weighted by Crippen LogP contribution is -2.20. The molecule has 0 radical (unpaired) electrons. The van der Waals surface area contributed by atoms with Crippen LogP contribution in [0.4, 0.5) is 0 Å². The Morgan fingerprint density at radius 1 is 1.23 bits per heavy atom. The van der Waals surface area contributed by atoms with Crippen LogP contribution in [-0.4, -0.2) is 0 Å². The first-order valence-corrected chi connectivity index (χ1v) is 5.82. The Labute approximate surface area is 84.1 Å². The van der Waals surface area contributed by atoms with Crippen molar-refractivity contribution in [2.45, 2.75) is 54.4 Å². The minimum Gasteiger partial charge on any atom is -0.0622 e. The van der Waals surface area contributed by atoms with E-state index in [1.165, 1.54) is 12.8 Å². The molecule has 0 bridgehead atoms. The molecule has 0 spiro atoms. The highest BCUT2D eigenvalue weighted by molar-refractivity contribution is 4.88. The molecule has 0 heterocycles. The normalized spacial score (nSPS) is 32.8. The third kappa shape index (κ3) is 3.00. The standard InChI is InChI=1S/C13H26/c1-9(12-8-10(12)2)7-11(3)13(4,5)6/h9-12H,7-8H2,1-6H3. The smallest absolute Gasteiger partial charge is 0.0357 e. The van der Waals surface area contributed by atoms with Crippen LogP contribution in [0.25, 0.3) is 0 Å². The molecule has 1 fully saturated rings. The van der Waals surface area contributed by atoms with Crippen molar-refractivity contribution in [1.29, 1.82) is 0 Å². The second kappa shape index (κ2) is 3.63. The Kier molecular flexibility index (Phi) is 3.09. The zero-order valence-corrected chi connectivity index (χ0v) is 10.2. The number of hydrogen-bond donors (Lipinski definition) is 0. The lowest BCUT2D eigenvalue weighted by atomic mass is 9.76. The molecular weight excluding hydrogens is 156 g/mol. The van der Waals surface area contributed by atoms with Gasteiger partial charge in [-0.1, -0.05) is 41.5 Å². The third-order valence-electron chi connectivity index (χ3n) is 4.11. The highest BCUT2D eigenvalue weighted by atomic mass is 14.4. The fourth-order valence-electron chi connectivity index (χ4n) is 2.23. The minimum atomic E-state index is 0.492. The molecule has 1 aliphatic carbocycles. The van der Waals surface area contributed by atoms with Crippen LogP contribution in [-0.2, 0) is 0 Å². The van der Waals surface area contributed by atoms with E-state index in [0.717, 1.165) is 23.7 Å².